The third-order valence-corrected chi connectivity index (χ3v) is 7.21. The van der Waals surface area contributed by atoms with E-state index in [0.717, 1.165) is 12.0 Å². The van der Waals surface area contributed by atoms with Crippen molar-refractivity contribution in [3.8, 4) is 11.3 Å². The maximum Gasteiger partial charge on any atom is 0.258 e. The van der Waals surface area contributed by atoms with Crippen molar-refractivity contribution in [1.29, 1.82) is 0 Å². The average molecular weight is 500 g/mol. The van der Waals surface area contributed by atoms with Crippen LogP contribution in [0.4, 0.5) is 25.8 Å². The number of ketones is 1. The molecule has 0 unspecified atom stereocenters. The van der Waals surface area contributed by atoms with Gasteiger partial charge in [-0.1, -0.05) is 6.07 Å². The Morgan fingerprint density at radius 2 is 1.97 bits per heavy atom. The van der Waals surface area contributed by atoms with Crippen LogP contribution in [0.5, 0.6) is 0 Å². The Hall–Kier alpha value is -3.47. The van der Waals surface area contributed by atoms with E-state index in [1.54, 1.807) is 48.3 Å². The molecule has 1 aromatic carbocycles. The lowest BCUT2D eigenvalue weighted by atomic mass is 10.1. The van der Waals surface area contributed by atoms with Crippen LogP contribution < -0.4 is 5.32 Å². The highest BCUT2D eigenvalue weighted by atomic mass is 32.2. The van der Waals surface area contributed by atoms with Crippen molar-refractivity contribution in [3.63, 3.8) is 0 Å². The summed E-state index contributed by atoms with van der Waals surface area (Å²) < 4.78 is 53.7. The number of rotatable bonds is 7. The molecular weight excluding hydrogens is 476 g/mol. The number of pyridine rings is 1. The maximum atomic E-state index is 13.4. The normalized spacial score (nSPS) is 18.2. The lowest BCUT2D eigenvalue weighted by Crippen LogP contribution is -2.12. The van der Waals surface area contributed by atoms with Gasteiger partial charge in [0.25, 0.3) is 5.92 Å². The van der Waals surface area contributed by atoms with Crippen molar-refractivity contribution in [3.05, 3.63) is 47.9 Å². The van der Waals surface area contributed by atoms with Crippen LogP contribution in [0.2, 0.25) is 0 Å². The zero-order chi connectivity index (χ0) is 25.1. The number of aromatic nitrogens is 3. The highest BCUT2D eigenvalue weighted by Crippen LogP contribution is 2.49. The van der Waals surface area contributed by atoms with Crippen molar-refractivity contribution >= 4 is 38.4 Å². The molecule has 3 heterocycles. The largest absolute Gasteiger partial charge is 0.353 e. The molecular formula is C24H23F2N5O3S. The van der Waals surface area contributed by atoms with Crippen LogP contribution in [0, 0.1) is 5.92 Å². The second-order valence-electron chi connectivity index (χ2n) is 9.12. The number of anilines is 2. The molecule has 0 amide bonds. The Kier molecular flexibility index (Phi) is 5.35. The highest BCUT2D eigenvalue weighted by Gasteiger charge is 2.60. The van der Waals surface area contributed by atoms with Crippen molar-refractivity contribution in [2.45, 2.75) is 37.0 Å². The molecule has 182 valence electrons. The quantitative estimate of drug-likeness (QED) is 0.526. The number of halogens is 2. The number of sulfone groups is 1. The fraction of sp³-hybridized carbons (Fsp3) is 0.333. The van der Waals surface area contributed by atoms with E-state index in [1.807, 2.05) is 6.92 Å². The first kappa shape index (κ1) is 23.3. The number of carbonyl (C=O) groups excluding carboxylic acids is 1. The number of aliphatic imine (C=N–C) groups is 1. The number of aryl methyl sites for hydroxylation is 1. The van der Waals surface area contributed by atoms with E-state index in [-0.39, 0.29) is 11.3 Å². The van der Waals surface area contributed by atoms with E-state index in [1.165, 1.54) is 0 Å². The Balaban J connectivity index is 1.52. The van der Waals surface area contributed by atoms with Gasteiger partial charge in [-0.15, -0.1) is 0 Å². The third kappa shape index (κ3) is 4.60. The summed E-state index contributed by atoms with van der Waals surface area (Å²) in [6.45, 7) is 1.84. The molecule has 0 spiro atoms. The third-order valence-electron chi connectivity index (χ3n) is 6.07. The lowest BCUT2D eigenvalue weighted by molar-refractivity contribution is -0.121. The first-order chi connectivity index (χ1) is 16.4. The summed E-state index contributed by atoms with van der Waals surface area (Å²) in [6, 6.07) is 8.32. The lowest BCUT2D eigenvalue weighted by Gasteiger charge is -2.15. The monoisotopic (exact) mass is 499 g/mol. The van der Waals surface area contributed by atoms with E-state index in [0.29, 0.717) is 46.1 Å². The second-order valence-corrected chi connectivity index (χ2v) is 11.1. The van der Waals surface area contributed by atoms with Gasteiger partial charge in [-0.3, -0.25) is 19.5 Å². The van der Waals surface area contributed by atoms with Crippen LogP contribution in [0.3, 0.4) is 0 Å². The van der Waals surface area contributed by atoms with Gasteiger partial charge in [-0.05, 0) is 31.2 Å². The van der Waals surface area contributed by atoms with Crippen molar-refractivity contribution in [1.82, 2.24) is 14.8 Å². The minimum absolute atomic E-state index is 0.0696. The van der Waals surface area contributed by atoms with Crippen LogP contribution >= 0.6 is 0 Å². The first-order valence-electron chi connectivity index (χ1n) is 11.0. The molecule has 1 aliphatic heterocycles. The maximum absolute atomic E-state index is 13.4. The van der Waals surface area contributed by atoms with Gasteiger partial charge in [0.2, 0.25) is 0 Å². The number of hydrogen-bond acceptors (Lipinski definition) is 7. The minimum Gasteiger partial charge on any atom is -0.353 e. The van der Waals surface area contributed by atoms with E-state index in [9.17, 15) is 22.0 Å². The summed E-state index contributed by atoms with van der Waals surface area (Å²) in [4.78, 5) is 21.4. The standard InChI is InChI=1S/C24H23F2N5O3S/c1-13-8-19-23(27-13)20(10-15(28-19)11-21(32)16-12-24(16,25)26)29-18-5-4-14(9-22(18)35(3,33)34)17-6-7-31(2)30-17/h4-7,9-10,16H,8,11-12H2,1-3H3,(H,28,29)/t16-/m0/s1. The van der Waals surface area contributed by atoms with Gasteiger partial charge in [0, 0.05) is 50.0 Å². The topological polar surface area (TPSA) is 106 Å². The zero-order valence-corrected chi connectivity index (χ0v) is 20.2. The van der Waals surface area contributed by atoms with Gasteiger partial charge in [0.1, 0.15) is 11.5 Å². The van der Waals surface area contributed by atoms with Gasteiger partial charge in [-0.25, -0.2) is 17.2 Å². The number of Topliss-reactive ketones (excluding diaryl/α,β-unsaturated/α-hetero) is 1. The van der Waals surface area contributed by atoms with E-state index in [2.05, 4.69) is 20.4 Å². The predicted octanol–water partition coefficient (Wildman–Crippen LogP) is 4.04. The van der Waals surface area contributed by atoms with Crippen LogP contribution in [0.25, 0.3) is 11.3 Å². The fourth-order valence-electron chi connectivity index (χ4n) is 4.23. The zero-order valence-electron chi connectivity index (χ0n) is 19.3. The summed E-state index contributed by atoms with van der Waals surface area (Å²) in [5.74, 6) is -4.75. The Bertz CT molecular complexity index is 1510. The number of nitrogens with zero attached hydrogens (tertiary/aromatic N) is 4. The molecule has 5 rings (SSSR count). The second kappa shape index (κ2) is 8.04. The van der Waals surface area contributed by atoms with Gasteiger partial charge in [0.15, 0.2) is 9.84 Å². The molecule has 2 aromatic heterocycles. The van der Waals surface area contributed by atoms with Crippen molar-refractivity contribution < 1.29 is 22.0 Å². The molecule has 8 nitrogen and oxygen atoms in total. The number of alkyl halides is 2. The van der Waals surface area contributed by atoms with E-state index in [4.69, 9.17) is 0 Å². The van der Waals surface area contributed by atoms with Crippen LogP contribution in [-0.4, -0.2) is 46.9 Å². The molecule has 1 fully saturated rings. The van der Waals surface area contributed by atoms with Gasteiger partial charge in [-0.2, -0.15) is 5.10 Å². The van der Waals surface area contributed by atoms with Crippen LogP contribution in [0.1, 0.15) is 24.7 Å². The summed E-state index contributed by atoms with van der Waals surface area (Å²) in [5, 5.41) is 7.48. The number of nitrogens with one attached hydrogen (secondary N) is 1. The Morgan fingerprint density at radius 3 is 2.60 bits per heavy atom. The van der Waals surface area contributed by atoms with Gasteiger partial charge in [0.05, 0.1) is 39.3 Å². The molecule has 0 bridgehead atoms. The predicted molar refractivity (Wildman–Crippen MR) is 128 cm³/mol. The van der Waals surface area contributed by atoms with Crippen molar-refractivity contribution in [2.75, 3.05) is 11.6 Å². The highest BCUT2D eigenvalue weighted by molar-refractivity contribution is 7.90. The number of carbonyl (C=O) groups is 1. The smallest absolute Gasteiger partial charge is 0.258 e. The number of fused-ring (bicyclic) bond motifs is 1. The molecule has 1 atom stereocenters. The van der Waals surface area contributed by atoms with Crippen LogP contribution in [-0.2, 0) is 34.5 Å². The molecule has 1 saturated carbocycles. The molecule has 1 aliphatic carbocycles. The number of hydrogen-bond donors (Lipinski definition) is 1. The van der Waals surface area contributed by atoms with Gasteiger partial charge < -0.3 is 5.32 Å². The molecule has 0 radical (unpaired) electrons. The molecule has 35 heavy (non-hydrogen) atoms. The van der Waals surface area contributed by atoms with E-state index >= 15 is 0 Å². The minimum atomic E-state index is -3.63. The van der Waals surface area contributed by atoms with Crippen LogP contribution in [0.15, 0.2) is 46.4 Å². The average Bonchev–Trinajstić information content (AvgIpc) is 3.06. The summed E-state index contributed by atoms with van der Waals surface area (Å²) in [6.07, 6.45) is 2.70. The molecule has 0 saturated heterocycles. The number of benzene rings is 1. The summed E-state index contributed by atoms with van der Waals surface area (Å²) >= 11 is 0. The molecule has 11 heteroatoms. The van der Waals surface area contributed by atoms with Crippen molar-refractivity contribution in [2.24, 2.45) is 18.0 Å². The Morgan fingerprint density at radius 1 is 1.23 bits per heavy atom. The fourth-order valence-corrected chi connectivity index (χ4v) is 5.09. The first-order valence-corrected chi connectivity index (χ1v) is 12.9. The summed E-state index contributed by atoms with van der Waals surface area (Å²) in [5.41, 5.74) is 4.37. The van der Waals surface area contributed by atoms with E-state index < -0.39 is 33.9 Å². The molecule has 1 N–H and O–H groups in total. The summed E-state index contributed by atoms with van der Waals surface area (Å²) in [7, 11) is -1.86. The SMILES string of the molecule is CC1=Nc2c(Nc3ccc(-c4ccn(C)n4)cc3S(C)(=O)=O)cc(CC(=O)[C@@H]3CC3(F)F)nc2C1. The Labute approximate surface area is 201 Å². The molecule has 3 aromatic rings. The van der Waals surface area contributed by atoms with Gasteiger partial charge >= 0.3 is 0 Å². The molecule has 2 aliphatic rings.